The highest BCUT2D eigenvalue weighted by molar-refractivity contribution is 7.19. The molecule has 3 rings (SSSR count). The van der Waals surface area contributed by atoms with E-state index in [1.165, 1.54) is 18.4 Å². The van der Waals surface area contributed by atoms with Gasteiger partial charge in [-0.05, 0) is 23.8 Å². The van der Waals surface area contributed by atoms with Crippen LogP contribution in [0.15, 0.2) is 67.9 Å². The number of benzene rings is 1. The van der Waals surface area contributed by atoms with Crippen LogP contribution >= 0.6 is 11.3 Å². The third-order valence-electron chi connectivity index (χ3n) is 4.14. The molecular weight excluding hydrogens is 382 g/mol. The highest BCUT2D eigenvalue weighted by atomic mass is 32.1. The largest absolute Gasteiger partial charge is 0.504 e. The zero-order valence-corrected chi connectivity index (χ0v) is 17.1. The number of hydrogen-bond donors (Lipinski definition) is 1. The van der Waals surface area contributed by atoms with E-state index in [1.807, 2.05) is 54.8 Å². The molecule has 0 bridgehead atoms. The van der Waals surface area contributed by atoms with E-state index in [1.54, 1.807) is 12.1 Å². The lowest BCUT2D eigenvalue weighted by Gasteiger charge is -2.20. The molecule has 0 unspecified atom stereocenters. The van der Waals surface area contributed by atoms with Gasteiger partial charge in [-0.3, -0.25) is 0 Å². The maximum atomic E-state index is 9.86. The van der Waals surface area contributed by atoms with Crippen molar-refractivity contribution >= 4 is 39.5 Å². The Kier molecular flexibility index (Phi) is 6.81. The Bertz CT molecular complexity index is 1040. The molecule has 6 heteroatoms. The Morgan fingerprint density at radius 1 is 1.14 bits per heavy atom. The number of aromatic nitrogens is 2. The fraction of sp³-hybridized carbons (Fsp3) is 0.130. The summed E-state index contributed by atoms with van der Waals surface area (Å²) in [5.41, 5.74) is 1.76. The van der Waals surface area contributed by atoms with Crippen molar-refractivity contribution in [1.82, 2.24) is 9.97 Å². The zero-order chi connectivity index (χ0) is 20.6. The number of fused-ring (bicyclic) bond motifs is 1. The van der Waals surface area contributed by atoms with Crippen LogP contribution in [0.1, 0.15) is 10.6 Å². The summed E-state index contributed by atoms with van der Waals surface area (Å²) < 4.78 is 6.11. The van der Waals surface area contributed by atoms with E-state index in [4.69, 9.17) is 4.74 Å². The molecule has 2 heterocycles. The fourth-order valence-corrected chi connectivity index (χ4v) is 3.65. The van der Waals surface area contributed by atoms with Crippen molar-refractivity contribution < 1.29 is 9.84 Å². The van der Waals surface area contributed by atoms with E-state index in [0.29, 0.717) is 5.75 Å². The summed E-state index contributed by atoms with van der Waals surface area (Å²) in [5, 5.41) is 10.7. The molecule has 0 aliphatic heterocycles. The molecule has 0 aliphatic carbocycles. The third kappa shape index (κ3) is 5.12. The van der Waals surface area contributed by atoms with Gasteiger partial charge in [-0.15, -0.1) is 24.5 Å². The number of nitrogens with zero attached hydrogens (tertiary/aromatic N) is 3. The van der Waals surface area contributed by atoms with Crippen molar-refractivity contribution in [2.75, 3.05) is 25.1 Å². The Morgan fingerprint density at radius 3 is 2.55 bits per heavy atom. The van der Waals surface area contributed by atoms with Crippen LogP contribution in [-0.2, 0) is 0 Å². The number of aromatic hydroxyl groups is 1. The lowest BCUT2D eigenvalue weighted by molar-refractivity contribution is 0.374. The highest BCUT2D eigenvalue weighted by Gasteiger charge is 2.08. The molecule has 29 heavy (non-hydrogen) atoms. The normalized spacial score (nSPS) is 11.3. The van der Waals surface area contributed by atoms with Crippen molar-refractivity contribution in [2.24, 2.45) is 0 Å². The molecule has 0 atom stereocenters. The minimum Gasteiger partial charge on any atom is -0.504 e. The fourth-order valence-electron chi connectivity index (χ4n) is 2.76. The van der Waals surface area contributed by atoms with E-state index >= 15 is 0 Å². The lowest BCUT2D eigenvalue weighted by atomic mass is 10.2. The first kappa shape index (κ1) is 20.4. The number of pyridine rings is 1. The number of phenolic OH excluding ortho intramolecular Hbond substituents is 1. The highest BCUT2D eigenvalue weighted by Crippen LogP contribution is 2.34. The van der Waals surface area contributed by atoms with E-state index in [2.05, 4.69) is 28.0 Å². The van der Waals surface area contributed by atoms with Gasteiger partial charge in [0.1, 0.15) is 10.8 Å². The number of methoxy groups -OCH3 is 1. The SMILES string of the molecule is C=CCN(CC=C)c1ccc(/C=C/C=C/c2nc3cc(O)c(OC)cc3s2)cn1. The number of hydrogen-bond acceptors (Lipinski definition) is 6. The van der Waals surface area contributed by atoms with Crippen molar-refractivity contribution in [3.63, 3.8) is 0 Å². The van der Waals surface area contributed by atoms with Gasteiger partial charge in [-0.1, -0.05) is 30.4 Å². The second-order valence-electron chi connectivity index (χ2n) is 6.19. The lowest BCUT2D eigenvalue weighted by Crippen LogP contribution is -2.23. The Hall–Kier alpha value is -3.38. The average molecular weight is 406 g/mol. The quantitative estimate of drug-likeness (QED) is 0.386. The summed E-state index contributed by atoms with van der Waals surface area (Å²) in [6.07, 6.45) is 13.3. The van der Waals surface area contributed by atoms with E-state index in [-0.39, 0.29) is 5.75 Å². The van der Waals surface area contributed by atoms with E-state index < -0.39 is 0 Å². The van der Waals surface area contributed by atoms with Crippen molar-refractivity contribution in [3.8, 4) is 11.5 Å². The minimum atomic E-state index is 0.0939. The average Bonchev–Trinajstić information content (AvgIpc) is 3.12. The minimum absolute atomic E-state index is 0.0939. The molecule has 0 amide bonds. The summed E-state index contributed by atoms with van der Waals surface area (Å²) in [6, 6.07) is 7.43. The van der Waals surface area contributed by atoms with Crippen LogP contribution in [0.25, 0.3) is 22.4 Å². The second-order valence-corrected chi connectivity index (χ2v) is 7.26. The molecule has 3 aromatic rings. The smallest absolute Gasteiger partial charge is 0.162 e. The molecule has 0 saturated carbocycles. The van der Waals surface area contributed by atoms with Gasteiger partial charge in [0.05, 0.1) is 17.3 Å². The van der Waals surface area contributed by atoms with Gasteiger partial charge in [0.25, 0.3) is 0 Å². The Labute approximate surface area is 174 Å². The molecule has 0 fully saturated rings. The maximum Gasteiger partial charge on any atom is 0.162 e. The molecule has 0 spiro atoms. The molecular formula is C23H23N3O2S. The Balaban J connectivity index is 1.67. The maximum absolute atomic E-state index is 9.86. The molecule has 1 N–H and O–H groups in total. The Morgan fingerprint density at radius 2 is 1.90 bits per heavy atom. The first-order valence-electron chi connectivity index (χ1n) is 9.09. The molecule has 148 valence electrons. The topological polar surface area (TPSA) is 58.5 Å². The first-order chi connectivity index (χ1) is 14.1. The van der Waals surface area contributed by atoms with E-state index in [9.17, 15) is 5.11 Å². The number of phenols is 1. The number of ether oxygens (including phenoxy) is 1. The van der Waals surface area contributed by atoms with Gasteiger partial charge in [0.15, 0.2) is 11.5 Å². The molecule has 1 aromatic carbocycles. The van der Waals surface area contributed by atoms with Crippen LogP contribution in [0, 0.1) is 0 Å². The monoisotopic (exact) mass is 405 g/mol. The van der Waals surface area contributed by atoms with Crippen LogP contribution in [0.3, 0.4) is 0 Å². The van der Waals surface area contributed by atoms with Crippen LogP contribution in [-0.4, -0.2) is 35.3 Å². The predicted octanol–water partition coefficient (Wildman–Crippen LogP) is 5.31. The van der Waals surface area contributed by atoms with Crippen LogP contribution in [0.5, 0.6) is 11.5 Å². The molecule has 0 radical (unpaired) electrons. The summed E-state index contributed by atoms with van der Waals surface area (Å²) in [4.78, 5) is 11.1. The van der Waals surface area contributed by atoms with Gasteiger partial charge in [-0.25, -0.2) is 9.97 Å². The van der Waals surface area contributed by atoms with Gasteiger partial charge in [-0.2, -0.15) is 0 Å². The van der Waals surface area contributed by atoms with Crippen LogP contribution in [0.4, 0.5) is 5.82 Å². The number of rotatable bonds is 9. The molecule has 2 aromatic heterocycles. The summed E-state index contributed by atoms with van der Waals surface area (Å²) in [6.45, 7) is 9.01. The second kappa shape index (κ2) is 9.71. The van der Waals surface area contributed by atoms with Gasteiger partial charge < -0.3 is 14.7 Å². The molecule has 5 nitrogen and oxygen atoms in total. The van der Waals surface area contributed by atoms with Crippen molar-refractivity contribution in [1.29, 1.82) is 0 Å². The van der Waals surface area contributed by atoms with Crippen LogP contribution < -0.4 is 9.64 Å². The van der Waals surface area contributed by atoms with Crippen molar-refractivity contribution in [3.05, 3.63) is 78.5 Å². The number of allylic oxidation sites excluding steroid dienone is 2. The van der Waals surface area contributed by atoms with Gasteiger partial charge >= 0.3 is 0 Å². The molecule has 0 aliphatic rings. The number of thiazole rings is 1. The van der Waals surface area contributed by atoms with Crippen LogP contribution in [0.2, 0.25) is 0 Å². The van der Waals surface area contributed by atoms with Crippen molar-refractivity contribution in [2.45, 2.75) is 0 Å². The van der Waals surface area contributed by atoms with E-state index in [0.717, 1.165) is 39.7 Å². The first-order valence-corrected chi connectivity index (χ1v) is 9.91. The van der Waals surface area contributed by atoms with Gasteiger partial charge in [0, 0.05) is 31.4 Å². The zero-order valence-electron chi connectivity index (χ0n) is 16.3. The summed E-state index contributed by atoms with van der Waals surface area (Å²) in [7, 11) is 1.53. The van der Waals surface area contributed by atoms with Gasteiger partial charge in [0.2, 0.25) is 0 Å². The summed E-state index contributed by atoms with van der Waals surface area (Å²) in [5.74, 6) is 1.44. The number of anilines is 1. The predicted molar refractivity (Wildman–Crippen MR) is 123 cm³/mol. The third-order valence-corrected chi connectivity index (χ3v) is 5.12. The molecule has 0 saturated heterocycles. The standard InChI is InChI=1S/C23H23N3O2S/c1-4-12-26(13-5-2)22-11-10-17(16-24-22)8-6-7-9-23-25-18-14-19(27)20(28-3)15-21(18)29-23/h4-11,14-16,27H,1-2,12-13H2,3H3/b8-6+,9-7+. The summed E-state index contributed by atoms with van der Waals surface area (Å²) >= 11 is 1.54.